The van der Waals surface area contributed by atoms with Gasteiger partial charge < -0.3 is 9.84 Å². The molecule has 18 heavy (non-hydrogen) atoms. The number of halogens is 3. The van der Waals surface area contributed by atoms with E-state index in [1.165, 1.54) is 6.07 Å². The Morgan fingerprint density at radius 3 is 2.56 bits per heavy atom. The van der Waals surface area contributed by atoms with Crippen LogP contribution in [-0.2, 0) is 4.74 Å². The van der Waals surface area contributed by atoms with Gasteiger partial charge in [0.2, 0.25) is 0 Å². The molecule has 1 rings (SSSR count). The smallest absolute Gasteiger partial charge is 0.446 e. The topological polar surface area (TPSA) is 70.3 Å². The van der Waals surface area contributed by atoms with E-state index >= 15 is 0 Å². The number of rotatable bonds is 2. The maximum atomic E-state index is 12.3. The molecule has 8 heteroatoms. The Bertz CT molecular complexity index is 522. The van der Waals surface area contributed by atoms with Crippen LogP contribution in [0, 0.1) is 11.3 Å². The fourth-order valence-corrected chi connectivity index (χ4v) is 1.85. The Kier molecular flexibility index (Phi) is 4.08. The highest BCUT2D eigenvalue weighted by atomic mass is 32.2. The number of methoxy groups -OCH3 is 1. The van der Waals surface area contributed by atoms with E-state index in [-0.39, 0.29) is 5.56 Å². The standard InChI is InChI=1S/C10H6F3NO3S/c1-17-9(16)6-3-2-5(4-14)7(15)8(6)18-10(11,12)13/h2-3,15H,1H3. The van der Waals surface area contributed by atoms with Crippen LogP contribution >= 0.6 is 11.8 Å². The van der Waals surface area contributed by atoms with Gasteiger partial charge in [-0.15, -0.1) is 0 Å². The van der Waals surface area contributed by atoms with E-state index in [9.17, 15) is 23.1 Å². The molecule has 0 saturated heterocycles. The van der Waals surface area contributed by atoms with Crippen molar-refractivity contribution in [2.24, 2.45) is 0 Å². The largest absolute Gasteiger partial charge is 0.505 e. The van der Waals surface area contributed by atoms with Gasteiger partial charge in [-0.25, -0.2) is 4.79 Å². The normalized spacial score (nSPS) is 10.8. The lowest BCUT2D eigenvalue weighted by Crippen LogP contribution is -2.07. The van der Waals surface area contributed by atoms with Gasteiger partial charge in [0.15, 0.2) is 0 Å². The fraction of sp³-hybridized carbons (Fsp3) is 0.200. The fourth-order valence-electron chi connectivity index (χ4n) is 1.15. The first kappa shape index (κ1) is 14.2. The highest BCUT2D eigenvalue weighted by Crippen LogP contribution is 2.44. The average molecular weight is 277 g/mol. The molecule has 1 aromatic carbocycles. The molecule has 0 bridgehead atoms. The van der Waals surface area contributed by atoms with Crippen molar-refractivity contribution in [3.05, 3.63) is 23.3 Å². The zero-order valence-electron chi connectivity index (χ0n) is 8.91. The van der Waals surface area contributed by atoms with Gasteiger partial charge in [-0.3, -0.25) is 0 Å². The number of aromatic hydroxyl groups is 1. The predicted molar refractivity (Wildman–Crippen MR) is 56.1 cm³/mol. The third-order valence-electron chi connectivity index (χ3n) is 1.88. The summed E-state index contributed by atoms with van der Waals surface area (Å²) >= 11 is -0.675. The first-order valence-electron chi connectivity index (χ1n) is 4.40. The number of ether oxygens (including phenoxy) is 1. The first-order chi connectivity index (χ1) is 8.30. The molecule has 0 amide bonds. The maximum absolute atomic E-state index is 12.3. The summed E-state index contributed by atoms with van der Waals surface area (Å²) in [6.07, 6.45) is 0. The molecule has 0 radical (unpaired) electrons. The van der Waals surface area contributed by atoms with Gasteiger partial charge in [-0.2, -0.15) is 18.4 Å². The molecule has 0 aliphatic heterocycles. The number of hydrogen-bond donors (Lipinski definition) is 1. The van der Waals surface area contributed by atoms with Crippen molar-refractivity contribution >= 4 is 17.7 Å². The first-order valence-corrected chi connectivity index (χ1v) is 5.22. The van der Waals surface area contributed by atoms with Gasteiger partial charge in [0.1, 0.15) is 11.8 Å². The van der Waals surface area contributed by atoms with E-state index < -0.39 is 39.4 Å². The van der Waals surface area contributed by atoms with Gasteiger partial charge in [-0.05, 0) is 23.9 Å². The van der Waals surface area contributed by atoms with Crippen molar-refractivity contribution in [3.63, 3.8) is 0 Å². The van der Waals surface area contributed by atoms with Crippen LogP contribution in [0.4, 0.5) is 13.2 Å². The van der Waals surface area contributed by atoms with Crippen molar-refractivity contribution in [2.75, 3.05) is 7.11 Å². The van der Waals surface area contributed by atoms with Crippen LogP contribution in [0.3, 0.4) is 0 Å². The van der Waals surface area contributed by atoms with E-state index in [4.69, 9.17) is 5.26 Å². The number of carbonyl (C=O) groups excluding carboxylic acids is 1. The second kappa shape index (κ2) is 5.18. The van der Waals surface area contributed by atoms with E-state index in [1.54, 1.807) is 0 Å². The van der Waals surface area contributed by atoms with E-state index in [1.807, 2.05) is 0 Å². The summed E-state index contributed by atoms with van der Waals surface area (Å²) in [6.45, 7) is 0. The minimum absolute atomic E-state index is 0.352. The summed E-state index contributed by atoms with van der Waals surface area (Å²) in [4.78, 5) is 10.5. The summed E-state index contributed by atoms with van der Waals surface area (Å²) in [5, 5.41) is 18.1. The quantitative estimate of drug-likeness (QED) is 0.664. The molecule has 0 aliphatic carbocycles. The van der Waals surface area contributed by atoms with Crippen molar-refractivity contribution in [1.82, 2.24) is 0 Å². The SMILES string of the molecule is COC(=O)c1ccc(C#N)c(O)c1SC(F)(F)F. The minimum atomic E-state index is -4.70. The van der Waals surface area contributed by atoms with Gasteiger partial charge in [-0.1, -0.05) is 0 Å². The molecule has 4 nitrogen and oxygen atoms in total. The molecule has 0 fully saturated rings. The molecular weight excluding hydrogens is 271 g/mol. The van der Waals surface area contributed by atoms with Gasteiger partial charge in [0.05, 0.1) is 23.1 Å². The van der Waals surface area contributed by atoms with Crippen LogP contribution in [0.5, 0.6) is 5.75 Å². The molecule has 0 unspecified atom stereocenters. The van der Waals surface area contributed by atoms with Gasteiger partial charge in [0, 0.05) is 0 Å². The number of nitriles is 1. The van der Waals surface area contributed by atoms with E-state index in [0.717, 1.165) is 19.2 Å². The lowest BCUT2D eigenvalue weighted by atomic mass is 10.1. The van der Waals surface area contributed by atoms with Crippen molar-refractivity contribution < 1.29 is 27.8 Å². The van der Waals surface area contributed by atoms with Crippen LogP contribution < -0.4 is 0 Å². The Morgan fingerprint density at radius 1 is 1.50 bits per heavy atom. The molecule has 0 aromatic heterocycles. The van der Waals surface area contributed by atoms with Crippen molar-refractivity contribution in [2.45, 2.75) is 10.4 Å². The number of esters is 1. The number of thioether (sulfide) groups is 1. The molecule has 1 N–H and O–H groups in total. The van der Waals surface area contributed by atoms with Gasteiger partial charge in [0.25, 0.3) is 0 Å². The Labute approximate surface area is 104 Å². The summed E-state index contributed by atoms with van der Waals surface area (Å²) in [5.41, 5.74) is -5.50. The Morgan fingerprint density at radius 2 is 2.11 bits per heavy atom. The second-order valence-electron chi connectivity index (χ2n) is 2.99. The summed E-state index contributed by atoms with van der Waals surface area (Å²) in [7, 11) is 1.000. The summed E-state index contributed by atoms with van der Waals surface area (Å²) in [6, 6.07) is 3.56. The van der Waals surface area contributed by atoms with Crippen LogP contribution in [0.15, 0.2) is 17.0 Å². The van der Waals surface area contributed by atoms with Crippen molar-refractivity contribution in [3.8, 4) is 11.8 Å². The lowest BCUT2D eigenvalue weighted by molar-refractivity contribution is -0.0329. The number of phenolic OH excluding ortho intramolecular Hbond substituents is 1. The third-order valence-corrected chi connectivity index (χ3v) is 2.72. The molecule has 0 heterocycles. The molecule has 0 aliphatic rings. The van der Waals surface area contributed by atoms with Crippen LogP contribution in [0.1, 0.15) is 15.9 Å². The van der Waals surface area contributed by atoms with E-state index in [2.05, 4.69) is 4.74 Å². The zero-order valence-corrected chi connectivity index (χ0v) is 9.72. The Balaban J connectivity index is 3.41. The highest BCUT2D eigenvalue weighted by molar-refractivity contribution is 8.00. The average Bonchev–Trinajstić information content (AvgIpc) is 2.29. The van der Waals surface area contributed by atoms with Crippen LogP contribution in [0.2, 0.25) is 0 Å². The maximum Gasteiger partial charge on any atom is 0.446 e. The third kappa shape index (κ3) is 3.07. The van der Waals surface area contributed by atoms with Crippen LogP contribution in [-0.4, -0.2) is 23.7 Å². The number of alkyl halides is 3. The minimum Gasteiger partial charge on any atom is -0.505 e. The number of hydrogen-bond acceptors (Lipinski definition) is 5. The second-order valence-corrected chi connectivity index (χ2v) is 4.06. The number of benzene rings is 1. The lowest BCUT2D eigenvalue weighted by Gasteiger charge is -2.12. The molecule has 96 valence electrons. The molecule has 1 aromatic rings. The summed E-state index contributed by atoms with van der Waals surface area (Å²) in [5.74, 6) is -1.91. The van der Waals surface area contributed by atoms with Crippen molar-refractivity contribution in [1.29, 1.82) is 5.26 Å². The van der Waals surface area contributed by atoms with Crippen LogP contribution in [0.25, 0.3) is 0 Å². The molecular formula is C10H6F3NO3S. The highest BCUT2D eigenvalue weighted by Gasteiger charge is 2.34. The van der Waals surface area contributed by atoms with E-state index in [0.29, 0.717) is 0 Å². The summed E-state index contributed by atoms with van der Waals surface area (Å²) < 4.78 is 41.3. The number of phenols is 1. The Hall–Kier alpha value is -1.88. The number of carbonyl (C=O) groups is 1. The molecule has 0 spiro atoms. The molecule has 0 saturated carbocycles. The monoisotopic (exact) mass is 277 g/mol. The zero-order chi connectivity index (χ0) is 13.9. The van der Waals surface area contributed by atoms with Gasteiger partial charge >= 0.3 is 11.5 Å². The molecule has 0 atom stereocenters. The number of nitrogens with zero attached hydrogens (tertiary/aromatic N) is 1. The predicted octanol–water partition coefficient (Wildman–Crippen LogP) is 2.66.